The van der Waals surface area contributed by atoms with Gasteiger partial charge in [-0.15, -0.1) is 0 Å². The van der Waals surface area contributed by atoms with Crippen molar-refractivity contribution in [3.63, 3.8) is 0 Å². The molecule has 0 saturated carbocycles. The monoisotopic (exact) mass is 594 g/mol. The van der Waals surface area contributed by atoms with Crippen molar-refractivity contribution in [2.45, 2.75) is 65.9 Å². The van der Waals surface area contributed by atoms with Crippen molar-refractivity contribution in [2.75, 3.05) is 24.6 Å². The summed E-state index contributed by atoms with van der Waals surface area (Å²) >= 11 is 0. The minimum atomic E-state index is -0.234. The van der Waals surface area contributed by atoms with E-state index in [2.05, 4.69) is 54.3 Å². The number of ether oxygens (including phenoxy) is 2. The van der Waals surface area contributed by atoms with Gasteiger partial charge in [0.1, 0.15) is 11.6 Å². The molecule has 5 nitrogen and oxygen atoms in total. The Morgan fingerprint density at radius 3 is 2.25 bits per heavy atom. The highest BCUT2D eigenvalue weighted by Gasteiger charge is 2.28. The summed E-state index contributed by atoms with van der Waals surface area (Å²) < 4.78 is 24.8. The highest BCUT2D eigenvalue weighted by Crippen LogP contribution is 2.40. The van der Waals surface area contributed by atoms with Gasteiger partial charge in [0.15, 0.2) is 0 Å². The van der Waals surface area contributed by atoms with Crippen molar-refractivity contribution in [1.82, 2.24) is 4.98 Å². The minimum absolute atomic E-state index is 0.173. The predicted molar refractivity (Wildman–Crippen MR) is 175 cm³/mol. The van der Waals surface area contributed by atoms with Crippen molar-refractivity contribution < 1.29 is 18.7 Å². The molecule has 0 spiro atoms. The van der Waals surface area contributed by atoms with Crippen molar-refractivity contribution in [1.29, 1.82) is 0 Å². The highest BCUT2D eigenvalue weighted by atomic mass is 19.1. The molecule has 230 valence electrons. The van der Waals surface area contributed by atoms with Crippen LogP contribution in [-0.4, -0.2) is 36.8 Å². The first-order chi connectivity index (χ1) is 21.3. The molecule has 0 N–H and O–H groups in total. The van der Waals surface area contributed by atoms with E-state index >= 15 is 0 Å². The van der Waals surface area contributed by atoms with Crippen LogP contribution in [0.15, 0.2) is 78.9 Å². The molecule has 1 aromatic heterocycles. The molecule has 2 heterocycles. The molecule has 0 aliphatic carbocycles. The number of nitrogens with zero attached hydrogens (tertiary/aromatic N) is 2. The van der Waals surface area contributed by atoms with E-state index in [0.717, 1.165) is 77.4 Å². The average molecular weight is 595 g/mol. The summed E-state index contributed by atoms with van der Waals surface area (Å²) in [5.74, 6) is 0.936. The number of aromatic nitrogens is 1. The second kappa shape index (κ2) is 14.5. The van der Waals surface area contributed by atoms with E-state index in [0.29, 0.717) is 18.9 Å². The van der Waals surface area contributed by atoms with E-state index in [4.69, 9.17) is 14.5 Å². The summed E-state index contributed by atoms with van der Waals surface area (Å²) in [6.07, 6.45) is 3.98. The fourth-order valence-electron chi connectivity index (χ4n) is 6.19. The Morgan fingerprint density at radius 1 is 0.909 bits per heavy atom. The smallest absolute Gasteiger partial charge is 0.310 e. The number of rotatable bonds is 11. The Balaban J connectivity index is 1.39. The van der Waals surface area contributed by atoms with E-state index in [1.165, 1.54) is 17.7 Å². The summed E-state index contributed by atoms with van der Waals surface area (Å²) in [6, 6.07) is 25.4. The molecule has 6 heteroatoms. The fraction of sp³-hybridized carbons (Fsp3) is 0.368. The number of carbonyl (C=O) groups is 1. The third-order valence-electron chi connectivity index (χ3n) is 8.36. The SMILES string of the molecule is Cc1nc(C)c(-c2ccc(OCCc3ccc(F)cc3)cc2)c(N2CCC(Cc3ccccc3)CC2)c1CC(=O)OC(C)C. The van der Waals surface area contributed by atoms with Crippen molar-refractivity contribution in [3.05, 3.63) is 113 Å². The van der Waals surface area contributed by atoms with E-state index < -0.39 is 0 Å². The number of hydrogen-bond donors (Lipinski definition) is 0. The standard InChI is InChI=1S/C38H43FN2O3/c1-26(2)44-36(42)25-35-27(3)40-28(4)37(38(35)41-21-18-31(19-22-41)24-30-8-6-5-7-9-30)32-12-16-34(17-13-32)43-23-20-29-10-14-33(39)15-11-29/h5-17,26,31H,18-25H2,1-4H3. The molecule has 1 fully saturated rings. The van der Waals surface area contributed by atoms with Crippen LogP contribution >= 0.6 is 0 Å². The molecule has 1 saturated heterocycles. The van der Waals surface area contributed by atoms with Gasteiger partial charge in [-0.2, -0.15) is 0 Å². The number of hydrogen-bond acceptors (Lipinski definition) is 5. The molecule has 5 rings (SSSR count). The molecule has 0 atom stereocenters. The van der Waals surface area contributed by atoms with Gasteiger partial charge < -0.3 is 14.4 Å². The Labute approximate surface area is 261 Å². The fourth-order valence-corrected chi connectivity index (χ4v) is 6.19. The van der Waals surface area contributed by atoms with Crippen LogP contribution in [0.3, 0.4) is 0 Å². The molecule has 4 aromatic rings. The average Bonchev–Trinajstić information content (AvgIpc) is 3.00. The molecule has 0 bridgehead atoms. The summed E-state index contributed by atoms with van der Waals surface area (Å²) in [6.45, 7) is 10.2. The molecule has 1 aliphatic rings. The van der Waals surface area contributed by atoms with Gasteiger partial charge in [0.2, 0.25) is 0 Å². The van der Waals surface area contributed by atoms with E-state index in [1.54, 1.807) is 12.1 Å². The maximum absolute atomic E-state index is 13.2. The van der Waals surface area contributed by atoms with Gasteiger partial charge in [0, 0.05) is 42.0 Å². The zero-order valence-corrected chi connectivity index (χ0v) is 26.3. The zero-order valence-electron chi connectivity index (χ0n) is 26.3. The van der Waals surface area contributed by atoms with Crippen LogP contribution in [-0.2, 0) is 28.8 Å². The second-order valence-electron chi connectivity index (χ2n) is 12.1. The first kappa shape index (κ1) is 31.2. The number of piperidine rings is 1. The van der Waals surface area contributed by atoms with Crippen LogP contribution in [0, 0.1) is 25.6 Å². The second-order valence-corrected chi connectivity index (χ2v) is 12.1. The van der Waals surface area contributed by atoms with Crippen molar-refractivity contribution in [3.8, 4) is 16.9 Å². The van der Waals surface area contributed by atoms with Gasteiger partial charge in [0.25, 0.3) is 0 Å². The number of aryl methyl sites for hydroxylation is 2. The third-order valence-corrected chi connectivity index (χ3v) is 8.36. The van der Waals surface area contributed by atoms with Crippen LogP contribution in [0.2, 0.25) is 0 Å². The molecule has 3 aromatic carbocycles. The topological polar surface area (TPSA) is 51.7 Å². The van der Waals surface area contributed by atoms with Crippen LogP contribution < -0.4 is 9.64 Å². The third kappa shape index (κ3) is 8.04. The van der Waals surface area contributed by atoms with Gasteiger partial charge in [0.05, 0.1) is 24.8 Å². The molecular formula is C38H43FN2O3. The Bertz CT molecular complexity index is 1530. The molecule has 1 aliphatic heterocycles. The largest absolute Gasteiger partial charge is 0.493 e. The van der Waals surface area contributed by atoms with Crippen LogP contribution in [0.5, 0.6) is 5.75 Å². The maximum atomic E-state index is 13.2. The van der Waals surface area contributed by atoms with E-state index in [1.807, 2.05) is 32.9 Å². The van der Waals surface area contributed by atoms with Gasteiger partial charge in [-0.3, -0.25) is 9.78 Å². The lowest BCUT2D eigenvalue weighted by Crippen LogP contribution is -2.36. The summed E-state index contributed by atoms with van der Waals surface area (Å²) in [7, 11) is 0. The van der Waals surface area contributed by atoms with Gasteiger partial charge in [-0.05, 0) is 93.8 Å². The van der Waals surface area contributed by atoms with Gasteiger partial charge >= 0.3 is 5.97 Å². The molecule has 44 heavy (non-hydrogen) atoms. The van der Waals surface area contributed by atoms with Crippen molar-refractivity contribution in [2.24, 2.45) is 5.92 Å². The highest BCUT2D eigenvalue weighted by molar-refractivity contribution is 5.87. The number of benzene rings is 3. The quantitative estimate of drug-likeness (QED) is 0.164. The number of anilines is 1. The predicted octanol–water partition coefficient (Wildman–Crippen LogP) is 8.08. The van der Waals surface area contributed by atoms with Crippen molar-refractivity contribution >= 4 is 11.7 Å². The minimum Gasteiger partial charge on any atom is -0.493 e. The molecule has 0 amide bonds. The molecular weight excluding hydrogens is 551 g/mol. The lowest BCUT2D eigenvalue weighted by atomic mass is 9.88. The normalized spacial score (nSPS) is 13.7. The number of carbonyl (C=O) groups excluding carboxylic acids is 1. The zero-order chi connectivity index (χ0) is 31.1. The number of esters is 1. The maximum Gasteiger partial charge on any atom is 0.310 e. The summed E-state index contributed by atoms with van der Waals surface area (Å²) in [4.78, 5) is 20.3. The summed E-state index contributed by atoms with van der Waals surface area (Å²) in [5.41, 5.74) is 8.37. The van der Waals surface area contributed by atoms with Gasteiger partial charge in [-0.1, -0.05) is 54.6 Å². The Hall–Kier alpha value is -4.19. The summed E-state index contributed by atoms with van der Waals surface area (Å²) in [5, 5.41) is 0. The van der Waals surface area contributed by atoms with Gasteiger partial charge in [-0.25, -0.2) is 4.39 Å². The Kier molecular flexibility index (Phi) is 10.3. The van der Waals surface area contributed by atoms with Crippen LogP contribution in [0.1, 0.15) is 54.8 Å². The lowest BCUT2D eigenvalue weighted by molar-refractivity contribution is -0.146. The first-order valence-electron chi connectivity index (χ1n) is 15.7. The first-order valence-corrected chi connectivity index (χ1v) is 15.7. The number of pyridine rings is 1. The van der Waals surface area contributed by atoms with E-state index in [9.17, 15) is 9.18 Å². The van der Waals surface area contributed by atoms with Crippen LogP contribution in [0.4, 0.5) is 10.1 Å². The van der Waals surface area contributed by atoms with Crippen LogP contribution in [0.25, 0.3) is 11.1 Å². The molecule has 0 unspecified atom stereocenters. The Morgan fingerprint density at radius 2 is 1.59 bits per heavy atom. The lowest BCUT2D eigenvalue weighted by Gasteiger charge is -2.37. The molecule has 0 radical (unpaired) electrons. The van der Waals surface area contributed by atoms with E-state index in [-0.39, 0.29) is 24.3 Å². The number of halogens is 1.